The molecular weight excluding hydrogens is 214 g/mol. The van der Waals surface area contributed by atoms with Gasteiger partial charge in [-0.1, -0.05) is 13.8 Å². The second-order valence-corrected chi connectivity index (χ2v) is 5.44. The summed E-state index contributed by atoms with van der Waals surface area (Å²) in [5.41, 5.74) is 5.79. The molecule has 0 aromatic carbocycles. The molecule has 0 saturated carbocycles. The van der Waals surface area contributed by atoms with E-state index in [1.54, 1.807) is 0 Å². The Morgan fingerprint density at radius 3 is 2.71 bits per heavy atom. The van der Waals surface area contributed by atoms with Crippen LogP contribution >= 0.6 is 0 Å². The smallest absolute Gasteiger partial charge is 0.226 e. The molecule has 1 rings (SSSR count). The molecule has 1 heterocycles. The Bertz CT molecular complexity index is 255. The first-order chi connectivity index (χ1) is 7.95. The van der Waals surface area contributed by atoms with Crippen LogP contribution in [0.5, 0.6) is 0 Å². The lowest BCUT2D eigenvalue weighted by molar-refractivity contribution is -0.134. The molecule has 1 saturated heterocycles. The number of hydrogen-bond acceptors (Lipinski definition) is 3. The molecule has 100 valence electrons. The number of carbonyl (C=O) groups excluding carboxylic acids is 1. The van der Waals surface area contributed by atoms with E-state index in [9.17, 15) is 4.79 Å². The maximum absolute atomic E-state index is 12.1. The summed E-state index contributed by atoms with van der Waals surface area (Å²) >= 11 is 0. The third-order valence-electron chi connectivity index (χ3n) is 3.89. The zero-order chi connectivity index (χ0) is 13.0. The molecule has 0 aromatic rings. The summed E-state index contributed by atoms with van der Waals surface area (Å²) in [5, 5.41) is 0. The number of rotatable bonds is 5. The highest BCUT2D eigenvalue weighted by Gasteiger charge is 2.30. The highest BCUT2D eigenvalue weighted by molar-refractivity contribution is 5.79. The quantitative estimate of drug-likeness (QED) is 0.773. The lowest BCUT2D eigenvalue weighted by Gasteiger charge is -2.24. The van der Waals surface area contributed by atoms with E-state index in [-0.39, 0.29) is 17.9 Å². The molecule has 0 aliphatic carbocycles. The number of nitrogens with zero attached hydrogens (tertiary/aromatic N) is 2. The molecule has 4 heteroatoms. The molecule has 0 bridgehead atoms. The Hall–Kier alpha value is -0.610. The van der Waals surface area contributed by atoms with E-state index in [0.717, 1.165) is 32.6 Å². The van der Waals surface area contributed by atoms with Crippen molar-refractivity contribution in [2.45, 2.75) is 33.2 Å². The molecule has 3 unspecified atom stereocenters. The molecular formula is C13H27N3O. The largest absolute Gasteiger partial charge is 0.342 e. The highest BCUT2D eigenvalue weighted by atomic mass is 16.2. The standard InChI is InChI=1S/C13H27N3O/c1-5-15(4)8-12-6-7-16(9-12)13(17)10(2)11(3)14/h10-12H,5-9,14H2,1-4H3. The van der Waals surface area contributed by atoms with Gasteiger partial charge in [0.25, 0.3) is 0 Å². The van der Waals surface area contributed by atoms with Crippen molar-refractivity contribution in [3.63, 3.8) is 0 Å². The van der Waals surface area contributed by atoms with Crippen molar-refractivity contribution in [3.8, 4) is 0 Å². The Kier molecular flexibility index (Phi) is 5.40. The summed E-state index contributed by atoms with van der Waals surface area (Å²) in [6.07, 6.45) is 1.13. The topological polar surface area (TPSA) is 49.6 Å². The van der Waals surface area contributed by atoms with E-state index in [1.807, 2.05) is 18.7 Å². The van der Waals surface area contributed by atoms with Crippen molar-refractivity contribution >= 4 is 5.91 Å². The van der Waals surface area contributed by atoms with Crippen molar-refractivity contribution in [1.29, 1.82) is 0 Å². The van der Waals surface area contributed by atoms with Gasteiger partial charge in [-0.2, -0.15) is 0 Å². The minimum absolute atomic E-state index is 0.0557. The van der Waals surface area contributed by atoms with Crippen LogP contribution in [-0.2, 0) is 4.79 Å². The first-order valence-electron chi connectivity index (χ1n) is 6.68. The van der Waals surface area contributed by atoms with Crippen LogP contribution in [0.3, 0.4) is 0 Å². The van der Waals surface area contributed by atoms with Gasteiger partial charge < -0.3 is 15.5 Å². The molecule has 17 heavy (non-hydrogen) atoms. The third-order valence-corrected chi connectivity index (χ3v) is 3.89. The average Bonchev–Trinajstić information content (AvgIpc) is 2.75. The van der Waals surface area contributed by atoms with Crippen LogP contribution in [0.2, 0.25) is 0 Å². The fourth-order valence-corrected chi connectivity index (χ4v) is 2.26. The number of likely N-dealkylation sites (tertiary alicyclic amines) is 1. The number of nitrogens with two attached hydrogens (primary N) is 1. The van der Waals surface area contributed by atoms with Crippen LogP contribution in [0.15, 0.2) is 0 Å². The first kappa shape index (κ1) is 14.5. The van der Waals surface area contributed by atoms with E-state index < -0.39 is 0 Å². The van der Waals surface area contributed by atoms with Gasteiger partial charge in [0.2, 0.25) is 5.91 Å². The summed E-state index contributed by atoms with van der Waals surface area (Å²) in [4.78, 5) is 16.4. The highest BCUT2D eigenvalue weighted by Crippen LogP contribution is 2.19. The molecule has 0 spiro atoms. The van der Waals surface area contributed by atoms with Gasteiger partial charge >= 0.3 is 0 Å². The van der Waals surface area contributed by atoms with Crippen LogP contribution in [0.25, 0.3) is 0 Å². The predicted octanol–water partition coefficient (Wildman–Crippen LogP) is 0.770. The molecule has 2 N–H and O–H groups in total. The molecule has 1 amide bonds. The second-order valence-electron chi connectivity index (χ2n) is 5.44. The van der Waals surface area contributed by atoms with Gasteiger partial charge in [-0.3, -0.25) is 4.79 Å². The van der Waals surface area contributed by atoms with Crippen LogP contribution in [0, 0.1) is 11.8 Å². The van der Waals surface area contributed by atoms with Crippen molar-refractivity contribution in [2.75, 3.05) is 33.2 Å². The van der Waals surface area contributed by atoms with Crippen molar-refractivity contribution in [2.24, 2.45) is 17.6 Å². The Morgan fingerprint density at radius 1 is 1.53 bits per heavy atom. The van der Waals surface area contributed by atoms with Gasteiger partial charge in [0.05, 0.1) is 5.92 Å². The van der Waals surface area contributed by atoms with E-state index in [2.05, 4.69) is 18.9 Å². The van der Waals surface area contributed by atoms with E-state index >= 15 is 0 Å². The summed E-state index contributed by atoms with van der Waals surface area (Å²) in [7, 11) is 2.13. The number of hydrogen-bond donors (Lipinski definition) is 1. The van der Waals surface area contributed by atoms with E-state index in [1.165, 1.54) is 0 Å². The minimum Gasteiger partial charge on any atom is -0.342 e. The van der Waals surface area contributed by atoms with Crippen LogP contribution in [0.4, 0.5) is 0 Å². The average molecular weight is 241 g/mol. The Labute approximate surface area is 105 Å². The third kappa shape index (κ3) is 3.96. The Balaban J connectivity index is 2.42. The molecule has 1 fully saturated rings. The van der Waals surface area contributed by atoms with E-state index in [4.69, 9.17) is 5.73 Å². The fraction of sp³-hybridized carbons (Fsp3) is 0.923. The lowest BCUT2D eigenvalue weighted by Crippen LogP contribution is -2.41. The van der Waals surface area contributed by atoms with Crippen LogP contribution < -0.4 is 5.73 Å². The van der Waals surface area contributed by atoms with Gasteiger partial charge in [0.15, 0.2) is 0 Å². The van der Waals surface area contributed by atoms with Crippen molar-refractivity contribution in [3.05, 3.63) is 0 Å². The SMILES string of the molecule is CCN(C)CC1CCN(C(=O)C(C)C(C)N)C1. The summed E-state index contributed by atoms with van der Waals surface area (Å²) in [5.74, 6) is 0.795. The normalized spacial score (nSPS) is 24.1. The first-order valence-corrected chi connectivity index (χ1v) is 6.68. The molecule has 3 atom stereocenters. The molecule has 1 aliphatic rings. The number of amides is 1. The molecule has 4 nitrogen and oxygen atoms in total. The van der Waals surface area contributed by atoms with Gasteiger partial charge in [0.1, 0.15) is 0 Å². The van der Waals surface area contributed by atoms with E-state index in [0.29, 0.717) is 5.92 Å². The lowest BCUT2D eigenvalue weighted by atomic mass is 10.0. The molecule has 0 radical (unpaired) electrons. The van der Waals surface area contributed by atoms with Gasteiger partial charge in [-0.25, -0.2) is 0 Å². The summed E-state index contributed by atoms with van der Waals surface area (Å²) < 4.78 is 0. The number of carbonyl (C=O) groups is 1. The zero-order valence-corrected chi connectivity index (χ0v) is 11.6. The Morgan fingerprint density at radius 2 is 2.18 bits per heavy atom. The minimum atomic E-state index is -0.0577. The predicted molar refractivity (Wildman–Crippen MR) is 70.7 cm³/mol. The van der Waals surface area contributed by atoms with Crippen LogP contribution in [-0.4, -0.2) is 55.0 Å². The monoisotopic (exact) mass is 241 g/mol. The summed E-state index contributed by atoms with van der Waals surface area (Å²) in [6.45, 7) is 9.96. The second kappa shape index (κ2) is 6.36. The fourth-order valence-electron chi connectivity index (χ4n) is 2.26. The summed E-state index contributed by atoms with van der Waals surface area (Å²) in [6, 6.07) is -0.0557. The maximum atomic E-state index is 12.1. The van der Waals surface area contributed by atoms with Gasteiger partial charge in [-0.15, -0.1) is 0 Å². The molecule has 0 aromatic heterocycles. The van der Waals surface area contributed by atoms with Crippen molar-refractivity contribution < 1.29 is 4.79 Å². The zero-order valence-electron chi connectivity index (χ0n) is 11.6. The van der Waals surface area contributed by atoms with Crippen LogP contribution in [0.1, 0.15) is 27.2 Å². The van der Waals surface area contributed by atoms with Gasteiger partial charge in [0, 0.05) is 25.7 Å². The van der Waals surface area contributed by atoms with Gasteiger partial charge in [-0.05, 0) is 32.9 Å². The maximum Gasteiger partial charge on any atom is 0.226 e. The molecule has 1 aliphatic heterocycles. The van der Waals surface area contributed by atoms with Crippen molar-refractivity contribution in [1.82, 2.24) is 9.80 Å².